The minimum Gasteiger partial charge on any atom is -0.493 e. The molecule has 0 radical (unpaired) electrons. The van der Waals surface area contributed by atoms with Crippen LogP contribution in [-0.2, 0) is 23.6 Å². The van der Waals surface area contributed by atoms with Crippen LogP contribution in [0.25, 0.3) is 0 Å². The van der Waals surface area contributed by atoms with Crippen molar-refractivity contribution >= 4 is 40.0 Å². The van der Waals surface area contributed by atoms with Crippen LogP contribution in [0.3, 0.4) is 0 Å². The van der Waals surface area contributed by atoms with Gasteiger partial charge in [0, 0.05) is 51.7 Å². The minimum atomic E-state index is -3.51. The fraction of sp³-hybridized carbons (Fsp3) is 0.476. The molecule has 0 bridgehead atoms. The van der Waals surface area contributed by atoms with Crippen LogP contribution in [0.4, 0.5) is 0 Å². The van der Waals surface area contributed by atoms with Crippen LogP contribution in [0.15, 0.2) is 46.5 Å². The van der Waals surface area contributed by atoms with Crippen molar-refractivity contribution in [3.05, 3.63) is 47.8 Å². The third-order valence-electron chi connectivity index (χ3n) is 4.89. The summed E-state index contributed by atoms with van der Waals surface area (Å²) < 4.78 is 34.8. The van der Waals surface area contributed by atoms with Gasteiger partial charge in [-0.2, -0.15) is 0 Å². The van der Waals surface area contributed by atoms with Gasteiger partial charge >= 0.3 is 0 Å². The second kappa shape index (κ2) is 11.7. The number of benzene rings is 1. The number of ether oxygens (including phenoxy) is 1. The summed E-state index contributed by atoms with van der Waals surface area (Å²) in [5.41, 5.74) is 2.23. The number of halogens is 1. The monoisotopic (exact) mass is 561 g/mol. The molecule has 0 atom stereocenters. The van der Waals surface area contributed by atoms with E-state index in [4.69, 9.17) is 4.74 Å². The van der Waals surface area contributed by atoms with Crippen molar-refractivity contribution in [2.24, 2.45) is 18.0 Å². The van der Waals surface area contributed by atoms with Crippen molar-refractivity contribution in [1.29, 1.82) is 0 Å². The van der Waals surface area contributed by atoms with Crippen molar-refractivity contribution < 1.29 is 13.2 Å². The normalized spacial score (nSPS) is 14.1. The Kier molecular flexibility index (Phi) is 9.63. The van der Waals surface area contributed by atoms with Crippen molar-refractivity contribution in [3.63, 3.8) is 0 Å². The third-order valence-corrected chi connectivity index (χ3v) is 6.33. The number of hydrogen-bond donors (Lipinski definition) is 3. The van der Waals surface area contributed by atoms with Crippen molar-refractivity contribution in [3.8, 4) is 5.75 Å². The number of sulfonamides is 1. The first-order valence-corrected chi connectivity index (χ1v) is 11.6. The first-order chi connectivity index (χ1) is 14.4. The van der Waals surface area contributed by atoms with Crippen LogP contribution in [0.5, 0.6) is 5.75 Å². The summed E-state index contributed by atoms with van der Waals surface area (Å²) >= 11 is 0. The van der Waals surface area contributed by atoms with Crippen molar-refractivity contribution in [2.45, 2.75) is 31.2 Å². The molecule has 0 spiro atoms. The average Bonchev–Trinajstić information content (AvgIpc) is 3.44. The predicted octanol–water partition coefficient (Wildman–Crippen LogP) is 2.38. The molecule has 0 amide bonds. The summed E-state index contributed by atoms with van der Waals surface area (Å²) in [6, 6.07) is 7.76. The van der Waals surface area contributed by atoms with E-state index in [-0.39, 0.29) is 35.4 Å². The highest BCUT2D eigenvalue weighted by molar-refractivity contribution is 14.0. The van der Waals surface area contributed by atoms with Crippen LogP contribution in [-0.4, -0.2) is 45.7 Å². The highest BCUT2D eigenvalue weighted by atomic mass is 127. The Morgan fingerprint density at radius 3 is 2.65 bits per heavy atom. The zero-order valence-corrected chi connectivity index (χ0v) is 21.4. The van der Waals surface area contributed by atoms with E-state index in [1.54, 1.807) is 37.1 Å². The van der Waals surface area contributed by atoms with E-state index in [0.29, 0.717) is 25.0 Å². The van der Waals surface area contributed by atoms with E-state index in [0.717, 1.165) is 23.5 Å². The zero-order chi connectivity index (χ0) is 21.6. The van der Waals surface area contributed by atoms with Gasteiger partial charge in [-0.25, -0.2) is 13.1 Å². The molecular formula is C21H32IN5O3S. The van der Waals surface area contributed by atoms with Gasteiger partial charge in [-0.1, -0.05) is 12.1 Å². The molecule has 0 saturated heterocycles. The van der Waals surface area contributed by atoms with Gasteiger partial charge in [-0.15, -0.1) is 24.0 Å². The van der Waals surface area contributed by atoms with E-state index in [1.165, 1.54) is 12.8 Å². The molecule has 1 fully saturated rings. The van der Waals surface area contributed by atoms with Crippen LogP contribution >= 0.6 is 24.0 Å². The Bertz CT molecular complexity index is 987. The maximum absolute atomic E-state index is 12.2. The number of aryl methyl sites for hydroxylation is 2. The molecule has 3 N–H and O–H groups in total. The molecule has 0 aliphatic heterocycles. The molecule has 1 aromatic heterocycles. The predicted molar refractivity (Wildman–Crippen MR) is 134 cm³/mol. The van der Waals surface area contributed by atoms with Crippen LogP contribution < -0.4 is 20.1 Å². The molecule has 1 aliphatic carbocycles. The zero-order valence-electron chi connectivity index (χ0n) is 18.2. The number of aromatic nitrogens is 1. The summed E-state index contributed by atoms with van der Waals surface area (Å²) in [5, 5.41) is 6.39. The topological polar surface area (TPSA) is 96.8 Å². The molecule has 1 saturated carbocycles. The fourth-order valence-corrected chi connectivity index (χ4v) is 4.00. The molecule has 172 valence electrons. The van der Waals surface area contributed by atoms with Crippen molar-refractivity contribution in [2.75, 3.05) is 26.7 Å². The van der Waals surface area contributed by atoms with Crippen LogP contribution in [0.1, 0.15) is 24.0 Å². The Hall–Kier alpha value is -1.79. The lowest BCUT2D eigenvalue weighted by atomic mass is 10.1. The summed E-state index contributed by atoms with van der Waals surface area (Å²) in [6.45, 7) is 4.04. The first-order valence-electron chi connectivity index (χ1n) is 10.2. The summed E-state index contributed by atoms with van der Waals surface area (Å²) in [6.07, 6.45) is 5.78. The molecule has 0 unspecified atom stereocenters. The second-order valence-electron chi connectivity index (χ2n) is 7.63. The second-order valence-corrected chi connectivity index (χ2v) is 9.40. The van der Waals surface area contributed by atoms with Gasteiger partial charge in [-0.05, 0) is 43.4 Å². The van der Waals surface area contributed by atoms with E-state index < -0.39 is 10.0 Å². The van der Waals surface area contributed by atoms with Gasteiger partial charge in [0.2, 0.25) is 10.0 Å². The highest BCUT2D eigenvalue weighted by Crippen LogP contribution is 2.30. The number of nitrogens with zero attached hydrogens (tertiary/aromatic N) is 2. The van der Waals surface area contributed by atoms with Gasteiger partial charge < -0.3 is 19.9 Å². The highest BCUT2D eigenvalue weighted by Gasteiger charge is 2.22. The molecule has 1 heterocycles. The number of guanidine groups is 1. The van der Waals surface area contributed by atoms with E-state index in [2.05, 4.69) is 45.5 Å². The van der Waals surface area contributed by atoms with Gasteiger partial charge in [0.25, 0.3) is 0 Å². The molecule has 2 aromatic rings. The molecule has 1 aliphatic rings. The number of aliphatic imine (C=N–C) groups is 1. The van der Waals surface area contributed by atoms with E-state index >= 15 is 0 Å². The van der Waals surface area contributed by atoms with Crippen molar-refractivity contribution in [1.82, 2.24) is 19.9 Å². The lowest BCUT2D eigenvalue weighted by Gasteiger charge is -2.15. The summed E-state index contributed by atoms with van der Waals surface area (Å²) in [4.78, 5) is 4.46. The maximum atomic E-state index is 12.2. The average molecular weight is 561 g/mol. The molecule has 1 aromatic carbocycles. The SMILES string of the molecule is CN=C(NCCNS(=O)(=O)c1ccn(C)c1)NCc1ccc(C)cc1OCC1CC1.I. The van der Waals surface area contributed by atoms with Gasteiger partial charge in [0.05, 0.1) is 11.5 Å². The minimum absolute atomic E-state index is 0. The van der Waals surface area contributed by atoms with Gasteiger partial charge in [-0.3, -0.25) is 4.99 Å². The summed E-state index contributed by atoms with van der Waals surface area (Å²) in [7, 11) is -0.0370. The fourth-order valence-electron chi connectivity index (χ4n) is 2.92. The quantitative estimate of drug-likeness (QED) is 0.179. The smallest absolute Gasteiger partial charge is 0.242 e. The first kappa shape index (κ1) is 25.5. The maximum Gasteiger partial charge on any atom is 0.242 e. The largest absolute Gasteiger partial charge is 0.493 e. The molecule has 31 heavy (non-hydrogen) atoms. The molecular weight excluding hydrogens is 529 g/mol. The van der Waals surface area contributed by atoms with E-state index in [9.17, 15) is 8.42 Å². The molecule has 3 rings (SSSR count). The Labute approximate surface area is 201 Å². The number of rotatable bonds is 10. The van der Waals surface area contributed by atoms with E-state index in [1.807, 2.05) is 0 Å². The molecule has 8 nitrogen and oxygen atoms in total. The van der Waals surface area contributed by atoms with Gasteiger partial charge in [0.15, 0.2) is 5.96 Å². The Morgan fingerprint density at radius 2 is 2.00 bits per heavy atom. The Morgan fingerprint density at radius 1 is 1.23 bits per heavy atom. The Balaban J connectivity index is 0.00000341. The lowest BCUT2D eigenvalue weighted by molar-refractivity contribution is 0.296. The standard InChI is InChI=1S/C21H31N5O3S.HI/c1-16-4-7-18(20(12-16)29-15-17-5-6-17)13-24-21(22-2)23-9-10-25-30(27,28)19-8-11-26(3)14-19;/h4,7-8,11-12,14,17,25H,5-6,9-10,13,15H2,1-3H3,(H2,22,23,24);1H. The lowest BCUT2D eigenvalue weighted by Crippen LogP contribution is -2.41. The van der Waals surface area contributed by atoms with Gasteiger partial charge in [0.1, 0.15) is 5.75 Å². The summed E-state index contributed by atoms with van der Waals surface area (Å²) in [5.74, 6) is 2.20. The van der Waals surface area contributed by atoms with Crippen LogP contribution in [0.2, 0.25) is 0 Å². The van der Waals surface area contributed by atoms with Crippen LogP contribution in [0, 0.1) is 12.8 Å². The number of nitrogens with one attached hydrogen (secondary N) is 3. The number of hydrogen-bond acceptors (Lipinski definition) is 4. The molecule has 10 heteroatoms. The third kappa shape index (κ3) is 8.00.